The molecule has 0 radical (unpaired) electrons. The molecule has 0 spiro atoms. The average molecular weight is 355 g/mol. The van der Waals surface area contributed by atoms with Crippen molar-refractivity contribution in [2.24, 2.45) is 0 Å². The molecule has 1 aromatic carbocycles. The highest BCUT2D eigenvalue weighted by atomic mass is 35.5. The lowest BCUT2D eigenvalue weighted by Crippen LogP contribution is -2.41. The van der Waals surface area contributed by atoms with Gasteiger partial charge in [0.15, 0.2) is 0 Å². The van der Waals surface area contributed by atoms with Gasteiger partial charge in [0.2, 0.25) is 0 Å². The number of fused-ring (bicyclic) bond motifs is 2. The maximum Gasteiger partial charge on any atom is 0.0750 e. The van der Waals surface area contributed by atoms with Gasteiger partial charge in [0, 0.05) is 11.6 Å². The fraction of sp³-hybridized carbons (Fsp3) is 0.412. The van der Waals surface area contributed by atoms with Crippen molar-refractivity contribution < 1.29 is 9.94 Å². The summed E-state index contributed by atoms with van der Waals surface area (Å²) in [7, 11) is 1.58. The largest absolute Gasteiger partial charge is 0.391 e. The monoisotopic (exact) mass is 354 g/mol. The number of nitrogens with one attached hydrogen (secondary N) is 2. The number of hydrogen-bond donors (Lipinski definition) is 3. The summed E-state index contributed by atoms with van der Waals surface area (Å²) in [6, 6.07) is 5.82. The number of hydrogen-bond acceptors (Lipinski definition) is 4. The van der Waals surface area contributed by atoms with E-state index in [-0.39, 0.29) is 12.1 Å². The molecule has 4 nitrogen and oxygen atoms in total. The molecule has 2 heterocycles. The Hall–Kier alpha value is -1.04. The second-order valence-electron chi connectivity index (χ2n) is 5.88. The van der Waals surface area contributed by atoms with E-state index in [9.17, 15) is 5.11 Å². The van der Waals surface area contributed by atoms with E-state index in [0.29, 0.717) is 10.0 Å². The Kier molecular flexibility index (Phi) is 4.99. The molecule has 3 N–H and O–H groups in total. The van der Waals surface area contributed by atoms with Crippen molar-refractivity contribution >= 4 is 28.8 Å². The van der Waals surface area contributed by atoms with E-state index in [4.69, 9.17) is 28.0 Å². The van der Waals surface area contributed by atoms with Crippen LogP contribution in [0.3, 0.4) is 0 Å². The Bertz CT molecular complexity index is 673. The number of benzene rings is 1. The third kappa shape index (κ3) is 3.14. The van der Waals surface area contributed by atoms with E-state index < -0.39 is 6.10 Å². The minimum absolute atomic E-state index is 0.118. The molecule has 2 aliphatic rings. The Morgan fingerprint density at radius 2 is 2.17 bits per heavy atom. The molecular formula is C17H20Cl2N2O2. The molecule has 2 bridgehead atoms. The van der Waals surface area contributed by atoms with Crippen LogP contribution in [0.25, 0.3) is 5.57 Å². The van der Waals surface area contributed by atoms with Crippen LogP contribution in [0.4, 0.5) is 0 Å². The maximum absolute atomic E-state index is 10.4. The van der Waals surface area contributed by atoms with Gasteiger partial charge in [0.05, 0.1) is 35.0 Å². The molecule has 23 heavy (non-hydrogen) atoms. The van der Waals surface area contributed by atoms with Crippen molar-refractivity contribution in [1.29, 1.82) is 0 Å². The predicted molar refractivity (Wildman–Crippen MR) is 93.2 cm³/mol. The van der Waals surface area contributed by atoms with Gasteiger partial charge in [0.25, 0.3) is 0 Å². The number of hydroxylamine groups is 1. The van der Waals surface area contributed by atoms with Crippen molar-refractivity contribution in [2.75, 3.05) is 7.11 Å². The summed E-state index contributed by atoms with van der Waals surface area (Å²) in [6.45, 7) is 1.94. The third-order valence-electron chi connectivity index (χ3n) is 4.47. The Balaban J connectivity index is 2.14. The summed E-state index contributed by atoms with van der Waals surface area (Å²) in [4.78, 5) is 5.11. The van der Waals surface area contributed by atoms with Crippen LogP contribution in [0.2, 0.25) is 10.0 Å². The van der Waals surface area contributed by atoms with Gasteiger partial charge in [-0.05, 0) is 43.0 Å². The van der Waals surface area contributed by atoms with Crippen molar-refractivity contribution in [1.82, 2.24) is 10.8 Å². The minimum atomic E-state index is -0.413. The van der Waals surface area contributed by atoms with Crippen LogP contribution >= 0.6 is 23.2 Å². The second kappa shape index (κ2) is 6.83. The van der Waals surface area contributed by atoms with Crippen LogP contribution in [0, 0.1) is 0 Å². The highest BCUT2D eigenvalue weighted by Crippen LogP contribution is 2.40. The number of allylic oxidation sites excluding steroid dienone is 1. The fourth-order valence-electron chi connectivity index (χ4n) is 3.49. The molecule has 1 aromatic rings. The standard InChI is InChI=1S/C17H20Cl2N2O2/c1-3-14(21-23-2)16-11(7-10-8-15(22)17(16)20-10)9-4-5-12(18)13(19)6-9/h3-6,10,15,17,20-22H,7-8H2,1-2H3/t10?,15?,17-/m1/s1. The number of aliphatic hydroxyl groups excluding tert-OH is 1. The molecule has 1 saturated heterocycles. The second-order valence-corrected chi connectivity index (χ2v) is 6.69. The van der Waals surface area contributed by atoms with Gasteiger partial charge in [-0.3, -0.25) is 10.3 Å². The SMILES string of the molecule is CC=C(NOC)C1=C(c2ccc(Cl)c(Cl)c2)CC2CC(O)[C@H]1N2. The zero-order valence-corrected chi connectivity index (χ0v) is 14.6. The molecule has 0 amide bonds. The molecule has 6 heteroatoms. The lowest BCUT2D eigenvalue weighted by molar-refractivity contribution is 0.116. The first-order chi connectivity index (χ1) is 11.0. The van der Waals surface area contributed by atoms with E-state index in [2.05, 4.69) is 10.8 Å². The molecule has 0 saturated carbocycles. The topological polar surface area (TPSA) is 53.5 Å². The van der Waals surface area contributed by atoms with Gasteiger partial charge in [-0.1, -0.05) is 35.3 Å². The summed E-state index contributed by atoms with van der Waals surface area (Å²) < 4.78 is 0. The smallest absolute Gasteiger partial charge is 0.0750 e. The summed E-state index contributed by atoms with van der Waals surface area (Å²) in [6.07, 6.45) is 3.10. The highest BCUT2D eigenvalue weighted by molar-refractivity contribution is 6.42. The average Bonchev–Trinajstić information content (AvgIpc) is 2.83. The lowest BCUT2D eigenvalue weighted by Gasteiger charge is -2.30. The Morgan fingerprint density at radius 3 is 2.83 bits per heavy atom. The van der Waals surface area contributed by atoms with Crippen LogP contribution in [0.1, 0.15) is 25.3 Å². The fourth-order valence-corrected chi connectivity index (χ4v) is 3.79. The third-order valence-corrected chi connectivity index (χ3v) is 5.21. The number of halogens is 2. The van der Waals surface area contributed by atoms with Crippen molar-refractivity contribution in [3.8, 4) is 0 Å². The summed E-state index contributed by atoms with van der Waals surface area (Å²) in [5, 5.41) is 15.0. The summed E-state index contributed by atoms with van der Waals surface area (Å²) in [5.74, 6) is 0. The summed E-state index contributed by atoms with van der Waals surface area (Å²) >= 11 is 12.2. The Morgan fingerprint density at radius 1 is 1.39 bits per heavy atom. The zero-order valence-electron chi connectivity index (χ0n) is 13.1. The van der Waals surface area contributed by atoms with Gasteiger partial charge in [0.1, 0.15) is 0 Å². The van der Waals surface area contributed by atoms with Gasteiger partial charge in [-0.15, -0.1) is 0 Å². The van der Waals surface area contributed by atoms with Crippen molar-refractivity contribution in [3.63, 3.8) is 0 Å². The van der Waals surface area contributed by atoms with Crippen LogP contribution in [-0.4, -0.2) is 30.4 Å². The molecule has 2 unspecified atom stereocenters. The van der Waals surface area contributed by atoms with Crippen LogP contribution in [-0.2, 0) is 4.84 Å². The molecule has 124 valence electrons. The molecule has 1 fully saturated rings. The van der Waals surface area contributed by atoms with Crippen LogP contribution in [0.5, 0.6) is 0 Å². The lowest BCUT2D eigenvalue weighted by atomic mass is 9.87. The van der Waals surface area contributed by atoms with Gasteiger partial charge >= 0.3 is 0 Å². The van der Waals surface area contributed by atoms with E-state index >= 15 is 0 Å². The van der Waals surface area contributed by atoms with Crippen molar-refractivity contribution in [2.45, 2.75) is 38.0 Å². The normalized spacial score (nSPS) is 27.5. The first kappa shape index (κ1) is 16.8. The van der Waals surface area contributed by atoms with Crippen molar-refractivity contribution in [3.05, 3.63) is 51.2 Å². The van der Waals surface area contributed by atoms with Crippen LogP contribution in [0.15, 0.2) is 35.5 Å². The molecule has 3 rings (SSSR count). The molecule has 2 aliphatic heterocycles. The zero-order chi connectivity index (χ0) is 16.6. The quantitative estimate of drug-likeness (QED) is 0.726. The van der Waals surface area contributed by atoms with E-state index in [1.807, 2.05) is 31.2 Å². The number of rotatable bonds is 4. The highest BCUT2D eigenvalue weighted by Gasteiger charge is 2.41. The molecule has 0 aromatic heterocycles. The molecule has 0 aliphatic carbocycles. The van der Waals surface area contributed by atoms with Gasteiger partial charge in [-0.25, -0.2) is 0 Å². The van der Waals surface area contributed by atoms with Crippen LogP contribution < -0.4 is 10.8 Å². The van der Waals surface area contributed by atoms with Gasteiger partial charge < -0.3 is 10.4 Å². The van der Waals surface area contributed by atoms with Gasteiger partial charge in [-0.2, -0.15) is 0 Å². The minimum Gasteiger partial charge on any atom is -0.391 e. The van der Waals surface area contributed by atoms with E-state index in [1.165, 1.54) is 0 Å². The van der Waals surface area contributed by atoms with E-state index in [1.54, 1.807) is 7.11 Å². The Labute approximate surface area is 146 Å². The maximum atomic E-state index is 10.4. The first-order valence-corrected chi connectivity index (χ1v) is 8.39. The molecule has 3 atom stereocenters. The number of aliphatic hydroxyl groups is 1. The predicted octanol–water partition coefficient (Wildman–Crippen LogP) is 3.30. The summed E-state index contributed by atoms with van der Waals surface area (Å²) in [5.41, 5.74) is 6.98. The molecular weight excluding hydrogens is 335 g/mol. The first-order valence-electron chi connectivity index (χ1n) is 7.63. The van der Waals surface area contributed by atoms with E-state index in [0.717, 1.165) is 35.2 Å².